The maximum absolute atomic E-state index is 12.3. The van der Waals surface area contributed by atoms with Crippen molar-refractivity contribution in [3.05, 3.63) is 36.9 Å². The zero-order valence-electron chi connectivity index (χ0n) is 18.8. The number of carbonyl (C=O) groups is 1. The fourth-order valence-corrected chi connectivity index (χ4v) is 3.70. The summed E-state index contributed by atoms with van der Waals surface area (Å²) in [6, 6.07) is 7.52. The number of nitrogens with zero attached hydrogens (tertiary/aromatic N) is 1. The smallest absolute Gasteiger partial charge is 0.411 e. The van der Waals surface area contributed by atoms with Crippen LogP contribution >= 0.6 is 24.8 Å². The Hall–Kier alpha value is -1.47. The van der Waals surface area contributed by atoms with Gasteiger partial charge in [-0.05, 0) is 24.6 Å². The molecule has 1 saturated heterocycles. The van der Waals surface area contributed by atoms with Crippen molar-refractivity contribution in [2.24, 2.45) is 0 Å². The van der Waals surface area contributed by atoms with E-state index in [1.54, 1.807) is 0 Å². The molecule has 1 aromatic rings. The number of halogens is 2. The number of hydrogen-bond donors (Lipinski definition) is 2. The van der Waals surface area contributed by atoms with Crippen molar-refractivity contribution in [2.75, 3.05) is 57.8 Å². The Labute approximate surface area is 200 Å². The van der Waals surface area contributed by atoms with Gasteiger partial charge in [-0.2, -0.15) is 0 Å². The van der Waals surface area contributed by atoms with Gasteiger partial charge in [0, 0.05) is 13.1 Å². The maximum atomic E-state index is 12.3. The summed E-state index contributed by atoms with van der Waals surface area (Å²) in [5, 5.41) is 6.21. The molecule has 0 spiro atoms. The highest BCUT2D eigenvalue weighted by Crippen LogP contribution is 2.24. The number of benzene rings is 1. The summed E-state index contributed by atoms with van der Waals surface area (Å²) in [7, 11) is 0. The van der Waals surface area contributed by atoms with Crippen LogP contribution in [0.3, 0.4) is 0 Å². The van der Waals surface area contributed by atoms with Gasteiger partial charge < -0.3 is 19.3 Å². The standard InChI is InChI=1S/C23H37N3O3.2ClH/c1-3-5-6-7-10-19-28-22-12-9-8-11-21(22)25-23(27)29-20-18-26(15-4-2)16-13-24-14-17-26;;/h4,8-9,11-12,24H,2-3,5-7,10,13-20H2,1H3;2*1H/p+1. The van der Waals surface area contributed by atoms with Crippen molar-refractivity contribution >= 4 is 36.6 Å². The SMILES string of the molecule is C=CC[N+]1(CCOC(=O)Nc2ccccc2OCCCCCCC)CCNCC1.Cl.Cl. The molecule has 0 saturated carbocycles. The Morgan fingerprint density at radius 3 is 2.55 bits per heavy atom. The molecule has 8 heteroatoms. The molecule has 1 aliphatic rings. The van der Waals surface area contributed by atoms with E-state index in [0.717, 1.165) is 50.2 Å². The van der Waals surface area contributed by atoms with Crippen LogP contribution in [-0.4, -0.2) is 63.1 Å². The van der Waals surface area contributed by atoms with Gasteiger partial charge in [0.25, 0.3) is 0 Å². The highest BCUT2D eigenvalue weighted by Gasteiger charge is 2.28. The lowest BCUT2D eigenvalue weighted by Gasteiger charge is -2.40. The third kappa shape index (κ3) is 11.1. The number of carbonyl (C=O) groups excluding carboxylic acids is 1. The van der Waals surface area contributed by atoms with Crippen molar-refractivity contribution in [2.45, 2.75) is 39.0 Å². The van der Waals surface area contributed by atoms with Gasteiger partial charge in [-0.1, -0.05) is 51.3 Å². The molecule has 31 heavy (non-hydrogen) atoms. The lowest BCUT2D eigenvalue weighted by atomic mass is 10.2. The first kappa shape index (κ1) is 29.5. The van der Waals surface area contributed by atoms with Gasteiger partial charge in [0.1, 0.15) is 18.9 Å². The van der Waals surface area contributed by atoms with Gasteiger partial charge >= 0.3 is 6.09 Å². The second-order valence-electron chi connectivity index (χ2n) is 7.75. The molecule has 0 aliphatic carbocycles. The zero-order chi connectivity index (χ0) is 20.8. The van der Waals surface area contributed by atoms with E-state index < -0.39 is 6.09 Å². The molecule has 2 rings (SSSR count). The van der Waals surface area contributed by atoms with E-state index in [4.69, 9.17) is 9.47 Å². The van der Waals surface area contributed by atoms with Crippen molar-refractivity contribution in [3.8, 4) is 5.75 Å². The monoisotopic (exact) mass is 476 g/mol. The van der Waals surface area contributed by atoms with E-state index in [0.29, 0.717) is 24.7 Å². The van der Waals surface area contributed by atoms with Gasteiger partial charge in [0.15, 0.2) is 0 Å². The number of hydrogen-bond acceptors (Lipinski definition) is 4. The van der Waals surface area contributed by atoms with E-state index in [-0.39, 0.29) is 24.8 Å². The number of anilines is 1. The minimum absolute atomic E-state index is 0. The van der Waals surface area contributed by atoms with Crippen molar-refractivity contribution in [1.29, 1.82) is 0 Å². The lowest BCUT2D eigenvalue weighted by molar-refractivity contribution is -0.924. The van der Waals surface area contributed by atoms with Crippen molar-refractivity contribution < 1.29 is 18.8 Å². The fraction of sp³-hybridized carbons (Fsp3) is 0.609. The fourth-order valence-electron chi connectivity index (χ4n) is 3.70. The molecule has 1 aromatic carbocycles. The van der Waals surface area contributed by atoms with E-state index in [1.165, 1.54) is 25.7 Å². The quantitative estimate of drug-likeness (QED) is 0.238. The predicted molar refractivity (Wildman–Crippen MR) is 133 cm³/mol. The maximum Gasteiger partial charge on any atom is 0.411 e. The molecule has 0 unspecified atom stereocenters. The molecule has 0 aromatic heterocycles. The van der Waals surface area contributed by atoms with Crippen LogP contribution in [0.4, 0.5) is 10.5 Å². The van der Waals surface area contributed by atoms with Crippen LogP contribution in [0, 0.1) is 0 Å². The van der Waals surface area contributed by atoms with Crippen LogP contribution in [0.2, 0.25) is 0 Å². The average molecular weight is 477 g/mol. The molecule has 0 radical (unpaired) electrons. The molecular weight excluding hydrogens is 437 g/mol. The van der Waals surface area contributed by atoms with Gasteiger partial charge in [-0.3, -0.25) is 5.32 Å². The third-order valence-electron chi connectivity index (χ3n) is 5.47. The van der Waals surface area contributed by atoms with Crippen molar-refractivity contribution in [3.63, 3.8) is 0 Å². The number of unbranched alkanes of at least 4 members (excludes halogenated alkanes) is 4. The average Bonchev–Trinajstić information content (AvgIpc) is 2.72. The first-order valence-corrected chi connectivity index (χ1v) is 11.0. The topological polar surface area (TPSA) is 59.6 Å². The number of ether oxygens (including phenoxy) is 2. The lowest BCUT2D eigenvalue weighted by Crippen LogP contribution is -2.59. The molecule has 1 aliphatic heterocycles. The number of quaternary nitrogens is 1. The molecule has 1 amide bonds. The van der Waals surface area contributed by atoms with E-state index in [2.05, 4.69) is 24.1 Å². The summed E-state index contributed by atoms with van der Waals surface area (Å²) < 4.78 is 12.3. The first-order valence-electron chi connectivity index (χ1n) is 11.0. The minimum atomic E-state index is -0.434. The number of piperazine rings is 1. The summed E-state index contributed by atoms with van der Waals surface area (Å²) in [6.45, 7) is 12.9. The molecule has 1 heterocycles. The predicted octanol–water partition coefficient (Wildman–Crippen LogP) is 5.03. The molecule has 1 fully saturated rings. The molecule has 178 valence electrons. The second kappa shape index (κ2) is 17.1. The van der Waals surface area contributed by atoms with E-state index >= 15 is 0 Å². The van der Waals surface area contributed by atoms with Crippen LogP contribution in [0.15, 0.2) is 36.9 Å². The summed E-state index contributed by atoms with van der Waals surface area (Å²) in [5.41, 5.74) is 0.656. The van der Waals surface area contributed by atoms with Gasteiger partial charge in [-0.25, -0.2) is 4.79 Å². The largest absolute Gasteiger partial charge is 0.491 e. The molecule has 0 bridgehead atoms. The van der Waals surface area contributed by atoms with Crippen molar-refractivity contribution in [1.82, 2.24) is 5.32 Å². The molecule has 0 atom stereocenters. The van der Waals surface area contributed by atoms with Crippen LogP contribution < -0.4 is 15.4 Å². The van der Waals surface area contributed by atoms with Gasteiger partial charge in [0.05, 0.1) is 31.9 Å². The van der Waals surface area contributed by atoms with Crippen LogP contribution in [0.5, 0.6) is 5.75 Å². The Kier molecular flexibility index (Phi) is 16.3. The van der Waals surface area contributed by atoms with E-state index in [9.17, 15) is 4.79 Å². The number of amides is 1. The number of nitrogens with one attached hydrogen (secondary N) is 2. The Morgan fingerprint density at radius 2 is 1.84 bits per heavy atom. The summed E-state index contributed by atoms with van der Waals surface area (Å²) in [4.78, 5) is 12.3. The van der Waals surface area contributed by atoms with Gasteiger partial charge in [-0.15, -0.1) is 24.8 Å². The molecule has 6 nitrogen and oxygen atoms in total. The normalized spacial score (nSPS) is 14.5. The van der Waals surface area contributed by atoms with Crippen LogP contribution in [0.1, 0.15) is 39.0 Å². The number of rotatable bonds is 13. The third-order valence-corrected chi connectivity index (χ3v) is 5.47. The Morgan fingerprint density at radius 1 is 1.13 bits per heavy atom. The Bertz CT molecular complexity index is 626. The minimum Gasteiger partial charge on any atom is -0.491 e. The van der Waals surface area contributed by atoms with E-state index in [1.807, 2.05) is 30.3 Å². The highest BCUT2D eigenvalue weighted by molar-refractivity contribution is 5.86. The summed E-state index contributed by atoms with van der Waals surface area (Å²) in [6.07, 6.45) is 7.47. The van der Waals surface area contributed by atoms with Gasteiger partial charge in [0.2, 0.25) is 0 Å². The summed E-state index contributed by atoms with van der Waals surface area (Å²) in [5.74, 6) is 0.692. The van der Waals surface area contributed by atoms with Crippen LogP contribution in [0.25, 0.3) is 0 Å². The first-order chi connectivity index (χ1) is 14.2. The highest BCUT2D eigenvalue weighted by atomic mass is 35.5. The zero-order valence-corrected chi connectivity index (χ0v) is 20.4. The number of para-hydroxylation sites is 2. The summed E-state index contributed by atoms with van der Waals surface area (Å²) >= 11 is 0. The Balaban J connectivity index is 0.00000450. The molecular formula is C23H40Cl2N3O3+. The van der Waals surface area contributed by atoms with Crippen LogP contribution in [-0.2, 0) is 4.74 Å². The second-order valence-corrected chi connectivity index (χ2v) is 7.75. The molecule has 2 N–H and O–H groups in total.